The number of methoxy groups -OCH3 is 1. The maximum Gasteiger partial charge on any atom is 0.224 e. The van der Waals surface area contributed by atoms with Gasteiger partial charge in [0.1, 0.15) is 5.75 Å². The molecule has 1 aliphatic heterocycles. The lowest BCUT2D eigenvalue weighted by atomic mass is 10.2. The van der Waals surface area contributed by atoms with Crippen LogP contribution >= 0.6 is 0 Å². The van der Waals surface area contributed by atoms with Crippen LogP contribution in [0.2, 0.25) is 0 Å². The lowest BCUT2D eigenvalue weighted by molar-refractivity contribution is -0.116. The van der Waals surface area contributed by atoms with E-state index in [0.717, 1.165) is 25.9 Å². The first-order valence-corrected chi connectivity index (χ1v) is 7.22. The number of nitrogen functional groups attached to an aromatic ring is 1. The number of rotatable bonds is 6. The van der Waals surface area contributed by atoms with Gasteiger partial charge in [-0.1, -0.05) is 0 Å². The molecule has 1 aliphatic rings. The first-order chi connectivity index (χ1) is 10.1. The molecular formula is C15H23N3O3. The Morgan fingerprint density at radius 2 is 2.38 bits per heavy atom. The highest BCUT2D eigenvalue weighted by Gasteiger charge is 2.19. The minimum Gasteiger partial charge on any atom is -0.497 e. The maximum atomic E-state index is 11.9. The molecule has 0 bridgehead atoms. The molecule has 0 radical (unpaired) electrons. The van der Waals surface area contributed by atoms with Gasteiger partial charge < -0.3 is 25.8 Å². The van der Waals surface area contributed by atoms with Gasteiger partial charge in [0.2, 0.25) is 5.91 Å². The first-order valence-electron chi connectivity index (χ1n) is 7.22. The molecule has 0 saturated carbocycles. The Morgan fingerprint density at radius 3 is 3.00 bits per heavy atom. The van der Waals surface area contributed by atoms with E-state index in [9.17, 15) is 9.90 Å². The molecule has 1 fully saturated rings. The summed E-state index contributed by atoms with van der Waals surface area (Å²) in [4.78, 5) is 14.1. The minimum absolute atomic E-state index is 0.0494. The molecule has 1 heterocycles. The molecule has 1 unspecified atom stereocenters. The second kappa shape index (κ2) is 7.28. The Labute approximate surface area is 124 Å². The fraction of sp³-hybridized carbons (Fsp3) is 0.533. The lowest BCUT2D eigenvalue weighted by Gasteiger charge is -2.14. The van der Waals surface area contributed by atoms with E-state index < -0.39 is 0 Å². The SMILES string of the molecule is COc1ccc(NC(=O)CCCN2CCC(O)C2)c(N)c1. The van der Waals surface area contributed by atoms with E-state index in [4.69, 9.17) is 10.5 Å². The smallest absolute Gasteiger partial charge is 0.224 e. The topological polar surface area (TPSA) is 87.8 Å². The number of β-amino-alcohol motifs (C(OH)–C–C–N with tert-alkyl or cyclic N) is 1. The highest BCUT2D eigenvalue weighted by atomic mass is 16.5. The summed E-state index contributed by atoms with van der Waals surface area (Å²) < 4.78 is 5.07. The summed E-state index contributed by atoms with van der Waals surface area (Å²) in [5, 5.41) is 12.2. The van der Waals surface area contributed by atoms with Crippen molar-refractivity contribution in [3.8, 4) is 5.75 Å². The Bertz CT molecular complexity index is 493. The molecule has 0 aliphatic carbocycles. The summed E-state index contributed by atoms with van der Waals surface area (Å²) >= 11 is 0. The zero-order valence-electron chi connectivity index (χ0n) is 12.3. The van der Waals surface area contributed by atoms with Crippen molar-refractivity contribution in [2.45, 2.75) is 25.4 Å². The Balaban J connectivity index is 1.74. The predicted molar refractivity (Wildman–Crippen MR) is 82.3 cm³/mol. The summed E-state index contributed by atoms with van der Waals surface area (Å²) in [6.45, 7) is 2.46. The standard InChI is InChI=1S/C15H23N3O3/c1-21-12-4-5-14(13(16)9-12)17-15(20)3-2-7-18-8-6-11(19)10-18/h4-5,9,11,19H,2-3,6-8,10,16H2,1H3,(H,17,20). The van der Waals surface area contributed by atoms with Gasteiger partial charge in [-0.2, -0.15) is 0 Å². The summed E-state index contributed by atoms with van der Waals surface area (Å²) in [5.74, 6) is 0.615. The number of nitrogens with two attached hydrogens (primary N) is 1. The monoisotopic (exact) mass is 293 g/mol. The number of amides is 1. The van der Waals surface area contributed by atoms with Crippen LogP contribution in [-0.2, 0) is 4.79 Å². The molecule has 0 spiro atoms. The molecule has 116 valence electrons. The first kappa shape index (κ1) is 15.6. The molecule has 2 rings (SSSR count). The van der Waals surface area contributed by atoms with Gasteiger partial charge >= 0.3 is 0 Å². The van der Waals surface area contributed by atoms with Gasteiger partial charge in [-0.05, 0) is 31.5 Å². The summed E-state index contributed by atoms with van der Waals surface area (Å²) in [6.07, 6.45) is 1.83. The number of ether oxygens (including phenoxy) is 1. The third-order valence-electron chi connectivity index (χ3n) is 3.66. The van der Waals surface area contributed by atoms with Crippen molar-refractivity contribution in [2.24, 2.45) is 0 Å². The van der Waals surface area contributed by atoms with E-state index >= 15 is 0 Å². The van der Waals surface area contributed by atoms with E-state index in [1.165, 1.54) is 0 Å². The summed E-state index contributed by atoms with van der Waals surface area (Å²) in [5.41, 5.74) is 6.96. The number of nitrogens with zero attached hydrogens (tertiary/aromatic N) is 1. The van der Waals surface area contributed by atoms with E-state index in [-0.39, 0.29) is 12.0 Å². The number of aliphatic hydroxyl groups excluding tert-OH is 1. The number of anilines is 2. The van der Waals surface area contributed by atoms with Crippen LogP contribution in [-0.4, -0.2) is 48.8 Å². The zero-order chi connectivity index (χ0) is 15.2. The summed E-state index contributed by atoms with van der Waals surface area (Å²) in [6, 6.07) is 5.18. The number of benzene rings is 1. The second-order valence-corrected chi connectivity index (χ2v) is 5.35. The van der Waals surface area contributed by atoms with E-state index in [0.29, 0.717) is 30.1 Å². The second-order valence-electron chi connectivity index (χ2n) is 5.35. The third-order valence-corrected chi connectivity index (χ3v) is 3.66. The predicted octanol–water partition coefficient (Wildman–Crippen LogP) is 1.06. The number of aliphatic hydroxyl groups is 1. The van der Waals surface area contributed by atoms with E-state index in [1.807, 2.05) is 0 Å². The molecule has 1 amide bonds. The van der Waals surface area contributed by atoms with Crippen molar-refractivity contribution < 1.29 is 14.6 Å². The van der Waals surface area contributed by atoms with Crippen LogP contribution < -0.4 is 15.8 Å². The van der Waals surface area contributed by atoms with Crippen molar-refractivity contribution >= 4 is 17.3 Å². The molecule has 6 heteroatoms. The number of carbonyl (C=O) groups is 1. The van der Waals surface area contributed by atoms with Gasteiger partial charge in [-0.15, -0.1) is 0 Å². The summed E-state index contributed by atoms with van der Waals surface area (Å²) in [7, 11) is 1.57. The zero-order valence-corrected chi connectivity index (χ0v) is 12.3. The van der Waals surface area contributed by atoms with Gasteiger partial charge in [-0.25, -0.2) is 0 Å². The van der Waals surface area contributed by atoms with Crippen molar-refractivity contribution in [3.63, 3.8) is 0 Å². The van der Waals surface area contributed by atoms with Crippen molar-refractivity contribution in [1.82, 2.24) is 4.90 Å². The van der Waals surface area contributed by atoms with Gasteiger partial charge in [-0.3, -0.25) is 4.79 Å². The van der Waals surface area contributed by atoms with Gasteiger partial charge in [0.15, 0.2) is 0 Å². The number of hydrogen-bond donors (Lipinski definition) is 3. The third kappa shape index (κ3) is 4.61. The van der Waals surface area contributed by atoms with Crippen LogP contribution in [0, 0.1) is 0 Å². The molecule has 6 nitrogen and oxygen atoms in total. The fourth-order valence-corrected chi connectivity index (χ4v) is 2.47. The Kier molecular flexibility index (Phi) is 5.41. The van der Waals surface area contributed by atoms with Gasteiger partial charge in [0, 0.05) is 25.6 Å². The van der Waals surface area contributed by atoms with Crippen LogP contribution in [0.5, 0.6) is 5.75 Å². The fourth-order valence-electron chi connectivity index (χ4n) is 2.47. The highest BCUT2D eigenvalue weighted by Crippen LogP contribution is 2.24. The lowest BCUT2D eigenvalue weighted by Crippen LogP contribution is -2.24. The van der Waals surface area contributed by atoms with Crippen LogP contribution in [0.1, 0.15) is 19.3 Å². The molecule has 1 aromatic rings. The average molecular weight is 293 g/mol. The Morgan fingerprint density at radius 1 is 1.57 bits per heavy atom. The van der Waals surface area contributed by atoms with Crippen molar-refractivity contribution in [2.75, 3.05) is 37.8 Å². The van der Waals surface area contributed by atoms with Crippen LogP contribution in [0.3, 0.4) is 0 Å². The largest absolute Gasteiger partial charge is 0.497 e. The van der Waals surface area contributed by atoms with E-state index in [1.54, 1.807) is 25.3 Å². The molecule has 21 heavy (non-hydrogen) atoms. The molecule has 1 aromatic carbocycles. The van der Waals surface area contributed by atoms with Crippen molar-refractivity contribution in [3.05, 3.63) is 18.2 Å². The maximum absolute atomic E-state index is 11.9. The molecule has 0 aromatic heterocycles. The number of likely N-dealkylation sites (tertiary alicyclic amines) is 1. The van der Waals surface area contributed by atoms with E-state index in [2.05, 4.69) is 10.2 Å². The molecule has 4 N–H and O–H groups in total. The quantitative estimate of drug-likeness (QED) is 0.683. The minimum atomic E-state index is -0.210. The number of hydrogen-bond acceptors (Lipinski definition) is 5. The number of carbonyl (C=O) groups excluding carboxylic acids is 1. The molecule has 1 atom stereocenters. The van der Waals surface area contributed by atoms with Crippen molar-refractivity contribution in [1.29, 1.82) is 0 Å². The molecule has 1 saturated heterocycles. The van der Waals surface area contributed by atoms with Crippen LogP contribution in [0.4, 0.5) is 11.4 Å². The average Bonchev–Trinajstić information content (AvgIpc) is 2.86. The van der Waals surface area contributed by atoms with Gasteiger partial charge in [0.25, 0.3) is 0 Å². The molecular weight excluding hydrogens is 270 g/mol. The van der Waals surface area contributed by atoms with Crippen LogP contribution in [0.15, 0.2) is 18.2 Å². The highest BCUT2D eigenvalue weighted by molar-refractivity contribution is 5.93. The van der Waals surface area contributed by atoms with Crippen LogP contribution in [0.25, 0.3) is 0 Å². The Hall–Kier alpha value is -1.79. The number of nitrogens with one attached hydrogen (secondary N) is 1. The normalized spacial score (nSPS) is 18.7. The van der Waals surface area contributed by atoms with Gasteiger partial charge in [0.05, 0.1) is 24.6 Å².